The number of nitrogens with zero attached hydrogens (tertiary/aromatic N) is 2. The van der Waals surface area contributed by atoms with Crippen LogP contribution in [0.3, 0.4) is 0 Å². The molecule has 0 saturated carbocycles. The van der Waals surface area contributed by atoms with E-state index in [1.165, 1.54) is 38.9 Å². The van der Waals surface area contributed by atoms with Gasteiger partial charge in [-0.05, 0) is 113 Å². The number of benzene rings is 7. The Labute approximate surface area is 343 Å². The maximum Gasteiger partial charge on any atom is 0.145 e. The van der Waals surface area contributed by atoms with Gasteiger partial charge in [0, 0.05) is 44.5 Å². The van der Waals surface area contributed by atoms with Gasteiger partial charge in [-0.1, -0.05) is 140 Å². The van der Waals surface area contributed by atoms with E-state index in [-0.39, 0.29) is 0 Å². The maximum atomic E-state index is 7.36. The third kappa shape index (κ3) is 4.82. The van der Waals surface area contributed by atoms with Gasteiger partial charge in [0.1, 0.15) is 11.2 Å². The highest BCUT2D eigenvalue weighted by atomic mass is 16.3. The van der Waals surface area contributed by atoms with Crippen molar-refractivity contribution in [2.24, 2.45) is 0 Å². The molecule has 280 valence electrons. The van der Waals surface area contributed by atoms with Crippen molar-refractivity contribution < 1.29 is 4.42 Å². The number of anilines is 1. The van der Waals surface area contributed by atoms with Gasteiger partial charge in [-0.3, -0.25) is 0 Å². The predicted molar refractivity (Wildman–Crippen MR) is 245 cm³/mol. The van der Waals surface area contributed by atoms with E-state index in [2.05, 4.69) is 204 Å². The Bertz CT molecular complexity index is 3320. The molecule has 3 aliphatic carbocycles. The van der Waals surface area contributed by atoms with Crippen LogP contribution in [0.4, 0.5) is 5.69 Å². The van der Waals surface area contributed by atoms with E-state index in [0.717, 1.165) is 85.8 Å². The molecule has 0 N–H and O–H groups in total. The van der Waals surface area contributed by atoms with Crippen molar-refractivity contribution in [3.05, 3.63) is 240 Å². The summed E-state index contributed by atoms with van der Waals surface area (Å²) in [5.74, 6) is 0. The highest BCUT2D eigenvalue weighted by Crippen LogP contribution is 2.60. The molecule has 59 heavy (non-hydrogen) atoms. The van der Waals surface area contributed by atoms with Crippen LogP contribution < -0.4 is 4.90 Å². The smallest absolute Gasteiger partial charge is 0.145 e. The lowest BCUT2D eigenvalue weighted by Gasteiger charge is -2.36. The number of para-hydroxylation sites is 3. The molecule has 0 bridgehead atoms. The average Bonchev–Trinajstić information content (AvgIpc) is 3.95. The normalized spacial score (nSPS) is 18.5. The van der Waals surface area contributed by atoms with Gasteiger partial charge in [0.15, 0.2) is 0 Å². The summed E-state index contributed by atoms with van der Waals surface area (Å²) in [5.41, 5.74) is 16.3. The molecular formula is C56H40N2O. The van der Waals surface area contributed by atoms with Crippen LogP contribution in [0.1, 0.15) is 35.1 Å². The Morgan fingerprint density at radius 3 is 2.12 bits per heavy atom. The minimum atomic E-state index is -0.676. The Hall–Kier alpha value is -7.36. The molecule has 3 nitrogen and oxygen atoms in total. The number of furan rings is 1. The van der Waals surface area contributed by atoms with Gasteiger partial charge in [-0.15, -0.1) is 0 Å². The fourth-order valence-electron chi connectivity index (χ4n) is 10.4. The summed E-state index contributed by atoms with van der Waals surface area (Å²) in [5, 5.41) is 4.56. The first-order valence-electron chi connectivity index (χ1n) is 20.7. The van der Waals surface area contributed by atoms with Crippen molar-refractivity contribution >= 4 is 49.4 Å². The monoisotopic (exact) mass is 756 g/mol. The number of hydrogen-bond donors (Lipinski definition) is 0. The number of allylic oxidation sites excluding steroid dienone is 7. The fourth-order valence-corrected chi connectivity index (χ4v) is 10.4. The quantitative estimate of drug-likeness (QED) is 0.178. The minimum Gasteiger partial charge on any atom is -0.455 e. The average molecular weight is 757 g/mol. The van der Waals surface area contributed by atoms with Crippen molar-refractivity contribution in [2.75, 3.05) is 4.90 Å². The van der Waals surface area contributed by atoms with Crippen LogP contribution in [0, 0.1) is 0 Å². The molecule has 2 heterocycles. The molecule has 9 aromatic rings. The second-order valence-corrected chi connectivity index (χ2v) is 15.9. The zero-order valence-electron chi connectivity index (χ0n) is 32.6. The minimum absolute atomic E-state index is 0.676. The summed E-state index contributed by atoms with van der Waals surface area (Å²) < 4.78 is 9.72. The summed E-state index contributed by atoms with van der Waals surface area (Å²) in [6, 6.07) is 57.2. The summed E-state index contributed by atoms with van der Waals surface area (Å²) in [6.07, 6.45) is 16.7. The van der Waals surface area contributed by atoms with Gasteiger partial charge < -0.3 is 13.9 Å². The summed E-state index contributed by atoms with van der Waals surface area (Å²) >= 11 is 0. The number of hydrogen-bond acceptors (Lipinski definition) is 2. The van der Waals surface area contributed by atoms with E-state index in [1.807, 2.05) is 0 Å². The van der Waals surface area contributed by atoms with Gasteiger partial charge in [-0.2, -0.15) is 0 Å². The molecule has 12 rings (SSSR count). The van der Waals surface area contributed by atoms with Crippen molar-refractivity contribution in [1.82, 2.24) is 4.57 Å². The molecule has 3 aliphatic rings. The molecule has 1 spiro atoms. The number of aromatic nitrogens is 1. The number of rotatable bonds is 4. The molecule has 1 atom stereocenters. The zero-order valence-corrected chi connectivity index (χ0v) is 32.6. The Morgan fingerprint density at radius 2 is 1.27 bits per heavy atom. The Kier molecular flexibility index (Phi) is 7.49. The van der Waals surface area contributed by atoms with Gasteiger partial charge >= 0.3 is 0 Å². The lowest BCUT2D eigenvalue weighted by atomic mass is 9.66. The second-order valence-electron chi connectivity index (χ2n) is 15.9. The number of fused-ring (bicyclic) bond motifs is 15. The fraction of sp³-hybridized carbons (Fsp3) is 0.0714. The Balaban J connectivity index is 1.15. The lowest BCUT2D eigenvalue weighted by molar-refractivity contribution is 0.672. The van der Waals surface area contributed by atoms with Crippen LogP contribution in [-0.2, 0) is 11.8 Å². The maximum absolute atomic E-state index is 7.36. The summed E-state index contributed by atoms with van der Waals surface area (Å²) in [6.45, 7) is 5.08. The van der Waals surface area contributed by atoms with Crippen molar-refractivity contribution in [3.8, 4) is 16.8 Å². The topological polar surface area (TPSA) is 21.3 Å². The van der Waals surface area contributed by atoms with Crippen LogP contribution in [0.2, 0.25) is 0 Å². The summed E-state index contributed by atoms with van der Waals surface area (Å²) in [7, 11) is 0. The molecule has 0 fully saturated rings. The first-order chi connectivity index (χ1) is 29.2. The van der Waals surface area contributed by atoms with Crippen LogP contribution in [0.15, 0.2) is 222 Å². The second kappa shape index (κ2) is 13.1. The standard InChI is InChI=1S/C56H40N2O/c1-37-36-42(57(39-20-5-2-6-21-39)40-22-7-3-8-23-40)26-17-19-38-18-11-14-29-47(38)56(37)48-30-15-12-27-45(48)52-49(56)34-32-43-44-33-35-51-53(55(44)59-54(43)52)46-28-13-16-31-50(46)58(51)41-24-9-4-10-25-41/h2,4-7,9-18,20-36H,1,3,8,19H2/b26-17-,42-36+. The van der Waals surface area contributed by atoms with Crippen LogP contribution >= 0.6 is 0 Å². The Morgan fingerprint density at radius 1 is 0.559 bits per heavy atom. The lowest BCUT2D eigenvalue weighted by Crippen LogP contribution is -2.30. The molecule has 1 unspecified atom stereocenters. The van der Waals surface area contributed by atoms with Crippen LogP contribution in [0.5, 0.6) is 0 Å². The first kappa shape index (κ1) is 33.7. The van der Waals surface area contributed by atoms with Crippen LogP contribution in [-0.4, -0.2) is 4.57 Å². The van der Waals surface area contributed by atoms with E-state index >= 15 is 0 Å². The van der Waals surface area contributed by atoms with Crippen molar-refractivity contribution in [3.63, 3.8) is 0 Å². The molecule has 0 aliphatic heterocycles. The van der Waals surface area contributed by atoms with Crippen molar-refractivity contribution in [2.45, 2.75) is 24.7 Å². The molecule has 3 heteroatoms. The predicted octanol–water partition coefficient (Wildman–Crippen LogP) is 14.3. The van der Waals surface area contributed by atoms with E-state index in [0.29, 0.717) is 0 Å². The van der Waals surface area contributed by atoms with E-state index < -0.39 is 5.41 Å². The summed E-state index contributed by atoms with van der Waals surface area (Å²) in [4.78, 5) is 2.39. The third-order valence-corrected chi connectivity index (χ3v) is 12.8. The third-order valence-electron chi connectivity index (χ3n) is 12.8. The molecule has 0 saturated heterocycles. The molecule has 0 radical (unpaired) electrons. The van der Waals surface area contributed by atoms with Crippen LogP contribution in [0.25, 0.3) is 60.6 Å². The van der Waals surface area contributed by atoms with Gasteiger partial charge in [0.05, 0.1) is 21.8 Å². The van der Waals surface area contributed by atoms with Gasteiger partial charge in [0.25, 0.3) is 0 Å². The molecular weight excluding hydrogens is 717 g/mol. The molecule has 2 aromatic heterocycles. The van der Waals surface area contributed by atoms with Crippen molar-refractivity contribution in [1.29, 1.82) is 0 Å². The highest BCUT2D eigenvalue weighted by Gasteiger charge is 2.48. The SMILES string of the molecule is C=C1/C=C(N(C2=CCCC=C2)c2ccccc2)\C=C/Cc2ccccc2C12c1ccccc1-c1c2ccc2c1oc1c2ccc2c1c1ccccc1n2-c1ccccc1. The zero-order chi connectivity index (χ0) is 39.1. The van der Waals surface area contributed by atoms with E-state index in [1.54, 1.807) is 0 Å². The highest BCUT2D eigenvalue weighted by molar-refractivity contribution is 6.25. The van der Waals surface area contributed by atoms with Gasteiger partial charge in [-0.25, -0.2) is 0 Å². The first-order valence-corrected chi connectivity index (χ1v) is 20.7. The van der Waals surface area contributed by atoms with E-state index in [4.69, 9.17) is 11.0 Å². The molecule has 0 amide bonds. The van der Waals surface area contributed by atoms with E-state index in [9.17, 15) is 0 Å². The largest absolute Gasteiger partial charge is 0.455 e. The van der Waals surface area contributed by atoms with Gasteiger partial charge in [0.2, 0.25) is 0 Å². The molecule has 7 aromatic carbocycles.